The Morgan fingerprint density at radius 3 is 2.90 bits per heavy atom. The van der Waals surface area contributed by atoms with E-state index in [0.717, 1.165) is 10.0 Å². The first kappa shape index (κ1) is 7.52. The summed E-state index contributed by atoms with van der Waals surface area (Å²) in [5, 5.41) is 12.2. The van der Waals surface area contributed by atoms with E-state index in [-0.39, 0.29) is 0 Å². The minimum atomic E-state index is 1.05. The Balaban J connectivity index is 2.87. The molecule has 0 aliphatic carbocycles. The van der Waals surface area contributed by atoms with Gasteiger partial charge in [0, 0.05) is 21.5 Å². The fourth-order valence-electron chi connectivity index (χ4n) is 0.537. The molecule has 0 aromatic carbocycles. The van der Waals surface area contributed by atoms with E-state index < -0.39 is 0 Å². The molecule has 50 valence electrons. The van der Waals surface area contributed by atoms with Gasteiger partial charge in [-0.1, -0.05) is 0 Å². The van der Waals surface area contributed by atoms with E-state index in [4.69, 9.17) is 5.26 Å². The van der Waals surface area contributed by atoms with E-state index >= 15 is 0 Å². The van der Waals surface area contributed by atoms with E-state index in [1.807, 2.05) is 16.8 Å². The normalized spacial score (nSPS) is 10.0. The second-order valence-corrected chi connectivity index (χ2v) is 3.24. The van der Waals surface area contributed by atoms with Crippen LogP contribution in [0.2, 0.25) is 0 Å². The molecule has 0 aliphatic rings. The molecule has 1 aromatic heterocycles. The molecule has 1 heterocycles. The number of hydrogen-bond acceptors (Lipinski definition) is 2. The van der Waals surface area contributed by atoms with Crippen molar-refractivity contribution >= 4 is 33.3 Å². The number of halogens is 1. The van der Waals surface area contributed by atoms with Gasteiger partial charge in [-0.2, -0.15) is 16.6 Å². The lowest BCUT2D eigenvalue weighted by molar-refractivity contribution is 1.54. The largest absolute Gasteiger partial charge is 0.193 e. The lowest BCUT2D eigenvalue weighted by Crippen LogP contribution is -1.61. The quantitative estimate of drug-likeness (QED) is 0.659. The number of nitriles is 1. The number of thiophene rings is 1. The van der Waals surface area contributed by atoms with Gasteiger partial charge >= 0.3 is 0 Å². The number of hydrogen-bond donors (Lipinski definition) is 0. The molecule has 0 amide bonds. The summed E-state index contributed by atoms with van der Waals surface area (Å²) < 4.78 is 1.05. The van der Waals surface area contributed by atoms with Crippen LogP contribution in [-0.4, -0.2) is 0 Å². The highest BCUT2D eigenvalue weighted by Gasteiger charge is 1.93. The molecule has 0 spiro atoms. The topological polar surface area (TPSA) is 23.8 Å². The maximum Gasteiger partial charge on any atom is 0.0912 e. The molecule has 1 nitrogen and oxygen atoms in total. The van der Waals surface area contributed by atoms with E-state index in [2.05, 4.69) is 15.9 Å². The monoisotopic (exact) mass is 213 g/mol. The molecule has 1 aromatic rings. The van der Waals surface area contributed by atoms with Crippen LogP contribution in [0, 0.1) is 11.3 Å². The van der Waals surface area contributed by atoms with Crippen molar-refractivity contribution in [3.63, 3.8) is 0 Å². The Bertz CT molecular complexity index is 282. The summed E-state index contributed by atoms with van der Waals surface area (Å²) in [4.78, 5) is 0. The molecule has 3 heteroatoms. The third-order valence-corrected chi connectivity index (χ3v) is 2.73. The average Bonchev–Trinajstić information content (AvgIpc) is 2.31. The molecule has 0 unspecified atom stereocenters. The first-order valence-electron chi connectivity index (χ1n) is 2.62. The van der Waals surface area contributed by atoms with Crippen molar-refractivity contribution in [3.8, 4) is 6.07 Å². The fraction of sp³-hybridized carbons (Fsp3) is 0. The summed E-state index contributed by atoms with van der Waals surface area (Å²) >= 11 is 4.96. The molecule has 0 radical (unpaired) electrons. The summed E-state index contributed by atoms with van der Waals surface area (Å²) in [5.41, 5.74) is 1.06. The highest BCUT2D eigenvalue weighted by atomic mass is 79.9. The molecule has 0 fully saturated rings. The Hall–Kier alpha value is -0.590. The van der Waals surface area contributed by atoms with Crippen LogP contribution in [0.4, 0.5) is 0 Å². The highest BCUT2D eigenvalue weighted by molar-refractivity contribution is 9.10. The predicted molar refractivity (Wildman–Crippen MR) is 46.7 cm³/mol. The molecular formula is C7H4BrNS. The van der Waals surface area contributed by atoms with Gasteiger partial charge in [0.25, 0.3) is 0 Å². The summed E-state index contributed by atoms with van der Waals surface area (Å²) in [5.74, 6) is 0. The van der Waals surface area contributed by atoms with E-state index in [9.17, 15) is 0 Å². The first-order valence-corrected chi connectivity index (χ1v) is 4.36. The molecular weight excluding hydrogens is 210 g/mol. The zero-order chi connectivity index (χ0) is 7.40. The van der Waals surface area contributed by atoms with Gasteiger partial charge in [-0.05, 0) is 27.4 Å². The Morgan fingerprint density at radius 1 is 1.60 bits per heavy atom. The van der Waals surface area contributed by atoms with Crippen LogP contribution in [0.5, 0.6) is 0 Å². The van der Waals surface area contributed by atoms with Gasteiger partial charge in [0.05, 0.1) is 6.07 Å². The summed E-state index contributed by atoms with van der Waals surface area (Å²) in [7, 11) is 0. The molecule has 1 rings (SSSR count). The Labute approximate surface area is 71.7 Å². The third kappa shape index (κ3) is 1.69. The van der Waals surface area contributed by atoms with Crippen LogP contribution in [0.1, 0.15) is 5.56 Å². The Kier molecular flexibility index (Phi) is 2.67. The number of nitrogens with zero attached hydrogens (tertiary/aromatic N) is 1. The van der Waals surface area contributed by atoms with Crippen molar-refractivity contribution in [2.45, 2.75) is 0 Å². The summed E-state index contributed by atoms with van der Waals surface area (Å²) in [6.07, 6.45) is 3.24. The minimum Gasteiger partial charge on any atom is -0.193 e. The molecule has 0 N–H and O–H groups in total. The lowest BCUT2D eigenvalue weighted by atomic mass is 10.3. The van der Waals surface area contributed by atoms with Gasteiger partial charge in [0.15, 0.2) is 0 Å². The van der Waals surface area contributed by atoms with Gasteiger partial charge in [0.1, 0.15) is 0 Å². The van der Waals surface area contributed by atoms with Crippen molar-refractivity contribution in [2.24, 2.45) is 0 Å². The van der Waals surface area contributed by atoms with Crippen molar-refractivity contribution < 1.29 is 0 Å². The standard InChI is InChI=1S/C7H4BrNS/c8-7-5-10-4-6(7)2-1-3-9/h1-2,4-5H. The third-order valence-electron chi connectivity index (χ3n) is 0.980. The fourth-order valence-corrected chi connectivity index (χ4v) is 1.93. The molecule has 10 heavy (non-hydrogen) atoms. The molecule has 0 saturated carbocycles. The van der Waals surface area contributed by atoms with E-state index in [1.165, 1.54) is 6.08 Å². The van der Waals surface area contributed by atoms with Crippen molar-refractivity contribution in [3.05, 3.63) is 26.9 Å². The maximum absolute atomic E-state index is 8.21. The summed E-state index contributed by atoms with van der Waals surface area (Å²) in [6.45, 7) is 0. The van der Waals surface area contributed by atoms with E-state index in [1.54, 1.807) is 17.4 Å². The van der Waals surface area contributed by atoms with E-state index in [0.29, 0.717) is 0 Å². The molecule has 0 atom stereocenters. The zero-order valence-electron chi connectivity index (χ0n) is 5.04. The zero-order valence-corrected chi connectivity index (χ0v) is 7.45. The van der Waals surface area contributed by atoms with Crippen molar-refractivity contribution in [1.82, 2.24) is 0 Å². The first-order chi connectivity index (χ1) is 4.84. The maximum atomic E-state index is 8.21. The van der Waals surface area contributed by atoms with Crippen molar-refractivity contribution in [2.75, 3.05) is 0 Å². The van der Waals surface area contributed by atoms with Gasteiger partial charge < -0.3 is 0 Å². The van der Waals surface area contributed by atoms with Crippen LogP contribution in [0.15, 0.2) is 21.3 Å². The second-order valence-electron chi connectivity index (χ2n) is 1.64. The van der Waals surface area contributed by atoms with Crippen LogP contribution >= 0.6 is 27.3 Å². The predicted octanol–water partition coefficient (Wildman–Crippen LogP) is 3.05. The van der Waals surface area contributed by atoms with Crippen LogP contribution < -0.4 is 0 Å². The second kappa shape index (κ2) is 3.55. The molecule has 0 aliphatic heterocycles. The number of rotatable bonds is 1. The van der Waals surface area contributed by atoms with Gasteiger partial charge in [-0.3, -0.25) is 0 Å². The Morgan fingerprint density at radius 2 is 2.40 bits per heavy atom. The van der Waals surface area contributed by atoms with Gasteiger partial charge in [-0.15, -0.1) is 0 Å². The van der Waals surface area contributed by atoms with Crippen LogP contribution in [0.3, 0.4) is 0 Å². The SMILES string of the molecule is N#CC=Cc1cscc1Br. The van der Waals surface area contributed by atoms with Gasteiger partial charge in [-0.25, -0.2) is 0 Å². The molecule has 0 bridgehead atoms. The smallest absolute Gasteiger partial charge is 0.0912 e. The average molecular weight is 214 g/mol. The van der Waals surface area contributed by atoms with Crippen LogP contribution in [-0.2, 0) is 0 Å². The van der Waals surface area contributed by atoms with Gasteiger partial charge in [0.2, 0.25) is 0 Å². The highest BCUT2D eigenvalue weighted by Crippen LogP contribution is 2.22. The summed E-state index contributed by atoms with van der Waals surface area (Å²) in [6, 6.07) is 1.94. The minimum absolute atomic E-state index is 1.05. The lowest BCUT2D eigenvalue weighted by Gasteiger charge is -1.82. The molecule has 0 saturated heterocycles. The van der Waals surface area contributed by atoms with Crippen molar-refractivity contribution in [1.29, 1.82) is 5.26 Å². The number of allylic oxidation sites excluding steroid dienone is 1. The van der Waals surface area contributed by atoms with Crippen LogP contribution in [0.25, 0.3) is 6.08 Å².